The average Bonchev–Trinajstić information content (AvgIpc) is 2.11. The second-order valence-corrected chi connectivity index (χ2v) is 9.52. The van der Waals surface area contributed by atoms with Crippen molar-refractivity contribution in [3.63, 3.8) is 0 Å². The van der Waals surface area contributed by atoms with Gasteiger partial charge in [-0.15, -0.1) is 0 Å². The van der Waals surface area contributed by atoms with Crippen molar-refractivity contribution >= 4 is 20.2 Å². The molecule has 0 atom stereocenters. The molecule has 0 amide bonds. The highest BCUT2D eigenvalue weighted by Gasteiger charge is 2.31. The molecule has 0 fully saturated rings. The largest absolute Gasteiger partial charge is 0.646 e. The highest BCUT2D eigenvalue weighted by atomic mass is 27.2. The van der Waals surface area contributed by atoms with Crippen molar-refractivity contribution in [2.24, 2.45) is 4.99 Å². The van der Waals surface area contributed by atoms with Crippen molar-refractivity contribution in [2.45, 2.75) is 71.0 Å². The van der Waals surface area contributed by atoms with E-state index in [-0.39, 0.29) is 0 Å². The van der Waals surface area contributed by atoms with Gasteiger partial charge in [0.05, 0.1) is 5.76 Å². The van der Waals surface area contributed by atoms with E-state index in [1.165, 1.54) is 0 Å². The number of aliphatic imine (C=N–C) groups is 1. The van der Waals surface area contributed by atoms with Crippen molar-refractivity contribution in [1.82, 2.24) is 0 Å². The van der Waals surface area contributed by atoms with Crippen LogP contribution in [0.15, 0.2) is 16.8 Å². The van der Waals surface area contributed by atoms with Gasteiger partial charge < -0.3 is 3.79 Å². The zero-order chi connectivity index (χ0) is 13.6. The number of allylic oxidation sites excluding steroid dienone is 2. The van der Waals surface area contributed by atoms with Crippen LogP contribution in [0.5, 0.6) is 0 Å². The highest BCUT2D eigenvalue weighted by Crippen LogP contribution is 2.23. The highest BCUT2D eigenvalue weighted by molar-refractivity contribution is 6.55. The number of nitrogens with zero attached hydrogens (tertiary/aromatic N) is 1. The molecule has 0 aromatic carbocycles. The lowest BCUT2D eigenvalue weighted by molar-refractivity contribution is 0.415. The van der Waals surface area contributed by atoms with Crippen LogP contribution in [-0.4, -0.2) is 26.2 Å². The van der Waals surface area contributed by atoms with E-state index in [2.05, 4.69) is 52.6 Å². The molecule has 0 radical (unpaired) electrons. The molecule has 0 aliphatic heterocycles. The zero-order valence-electron chi connectivity index (χ0n) is 12.7. The summed E-state index contributed by atoms with van der Waals surface area (Å²) in [6.45, 7) is 17.3. The SMILES string of the molecule is CC(/C=C(/C)[O][Al]([CH](C)C)[CH](C)C)=NC(C)C. The van der Waals surface area contributed by atoms with Crippen LogP contribution >= 0.6 is 0 Å². The van der Waals surface area contributed by atoms with Gasteiger partial charge in [0, 0.05) is 11.8 Å². The van der Waals surface area contributed by atoms with E-state index in [0.717, 1.165) is 11.5 Å². The molecule has 17 heavy (non-hydrogen) atoms. The lowest BCUT2D eigenvalue weighted by Crippen LogP contribution is -2.24. The van der Waals surface area contributed by atoms with Gasteiger partial charge in [0.25, 0.3) is 0 Å². The fourth-order valence-corrected chi connectivity index (χ4v) is 4.61. The standard InChI is InChI=1S/C8H15NO.2C3H7.Al/c1-6(2)9-7(3)5-8(4)10;2*1-3-2;/h5-6,10H,1-4H3;2*3H,1-2H3;/q;;;+1/p-1/b8-5-,9-7?;;;. The third-order valence-corrected chi connectivity index (χ3v) is 5.78. The second kappa shape index (κ2) is 7.95. The Morgan fingerprint density at radius 1 is 1.00 bits per heavy atom. The monoisotopic (exact) mass is 253 g/mol. The number of hydrogen-bond donors (Lipinski definition) is 0. The minimum absolute atomic E-state index is 0.349. The van der Waals surface area contributed by atoms with E-state index in [1.807, 2.05) is 13.8 Å². The van der Waals surface area contributed by atoms with Gasteiger partial charge in [0.15, 0.2) is 0 Å². The van der Waals surface area contributed by atoms with Crippen molar-refractivity contribution in [2.75, 3.05) is 0 Å². The molecule has 2 nitrogen and oxygen atoms in total. The first kappa shape index (κ1) is 16.7. The molecule has 0 bridgehead atoms. The van der Waals surface area contributed by atoms with Crippen molar-refractivity contribution in [3.05, 3.63) is 11.8 Å². The molecule has 0 unspecified atom stereocenters. The number of hydrogen-bond acceptors (Lipinski definition) is 2. The Morgan fingerprint density at radius 2 is 1.47 bits per heavy atom. The Hall–Kier alpha value is -0.258. The second-order valence-electron chi connectivity index (χ2n) is 5.69. The molecule has 0 saturated carbocycles. The van der Waals surface area contributed by atoms with Crippen LogP contribution in [0.1, 0.15) is 55.4 Å². The Morgan fingerprint density at radius 3 is 1.82 bits per heavy atom. The van der Waals surface area contributed by atoms with E-state index in [1.54, 1.807) is 0 Å². The molecular weight excluding hydrogens is 225 g/mol. The fourth-order valence-electron chi connectivity index (χ4n) is 2.03. The fraction of sp³-hybridized carbons (Fsp3) is 0.786. The minimum atomic E-state index is -1.16. The van der Waals surface area contributed by atoms with E-state index in [9.17, 15) is 0 Å². The molecular formula is C14H28AlNO. The third-order valence-electron chi connectivity index (χ3n) is 2.51. The summed E-state index contributed by atoms with van der Waals surface area (Å²) < 4.78 is 7.48. The van der Waals surface area contributed by atoms with E-state index < -0.39 is 14.5 Å². The van der Waals surface area contributed by atoms with Gasteiger partial charge in [0.1, 0.15) is 0 Å². The topological polar surface area (TPSA) is 21.6 Å². The Balaban J connectivity index is 4.61. The van der Waals surface area contributed by atoms with Crippen LogP contribution in [-0.2, 0) is 3.79 Å². The molecule has 0 N–H and O–H groups in total. The molecule has 0 aromatic heterocycles. The van der Waals surface area contributed by atoms with Gasteiger partial charge >= 0.3 is 14.5 Å². The normalized spacial score (nSPS) is 13.8. The van der Waals surface area contributed by atoms with Gasteiger partial charge in [-0.25, -0.2) is 0 Å². The van der Waals surface area contributed by atoms with E-state index in [0.29, 0.717) is 15.6 Å². The smallest absolute Gasteiger partial charge is 0.552 e. The summed E-state index contributed by atoms with van der Waals surface area (Å²) >= 11 is -1.16. The first-order valence-electron chi connectivity index (χ1n) is 6.63. The van der Waals surface area contributed by atoms with Crippen LogP contribution in [0, 0.1) is 0 Å². The summed E-state index contributed by atoms with van der Waals surface area (Å²) in [6.07, 6.45) is 2.06. The molecule has 0 heterocycles. The van der Waals surface area contributed by atoms with Crippen LogP contribution in [0.25, 0.3) is 0 Å². The summed E-state index contributed by atoms with van der Waals surface area (Å²) in [4.78, 5) is 4.49. The summed E-state index contributed by atoms with van der Waals surface area (Å²) in [7, 11) is 0. The Kier molecular flexibility index (Phi) is 7.83. The van der Waals surface area contributed by atoms with Gasteiger partial charge in [0.2, 0.25) is 0 Å². The first-order chi connectivity index (χ1) is 7.73. The first-order valence-corrected chi connectivity index (χ1v) is 8.43. The van der Waals surface area contributed by atoms with Crippen molar-refractivity contribution in [1.29, 1.82) is 0 Å². The number of rotatable bonds is 6. The minimum Gasteiger partial charge on any atom is -0.646 e. The third kappa shape index (κ3) is 7.63. The maximum absolute atomic E-state index is 6.14. The van der Waals surface area contributed by atoms with Crippen molar-refractivity contribution < 1.29 is 3.79 Å². The van der Waals surface area contributed by atoms with Gasteiger partial charge in [-0.1, -0.05) is 27.7 Å². The van der Waals surface area contributed by atoms with Gasteiger partial charge in [-0.05, 0) is 43.3 Å². The summed E-state index contributed by atoms with van der Waals surface area (Å²) in [5.41, 5.74) is 1.05. The lowest BCUT2D eigenvalue weighted by Gasteiger charge is -2.21. The van der Waals surface area contributed by atoms with Crippen LogP contribution in [0.4, 0.5) is 0 Å². The average molecular weight is 253 g/mol. The lowest BCUT2D eigenvalue weighted by atomic mass is 10.3. The molecule has 0 saturated heterocycles. The zero-order valence-corrected chi connectivity index (χ0v) is 13.9. The molecule has 3 heteroatoms. The van der Waals surface area contributed by atoms with Crippen LogP contribution in [0.3, 0.4) is 0 Å². The Bertz CT molecular complexity index is 272. The molecule has 98 valence electrons. The maximum Gasteiger partial charge on any atom is 0.552 e. The van der Waals surface area contributed by atoms with E-state index in [4.69, 9.17) is 3.79 Å². The predicted molar refractivity (Wildman–Crippen MR) is 79.0 cm³/mol. The van der Waals surface area contributed by atoms with Crippen molar-refractivity contribution in [3.8, 4) is 0 Å². The molecule has 0 rings (SSSR count). The van der Waals surface area contributed by atoms with Crippen LogP contribution in [0.2, 0.25) is 9.56 Å². The quantitative estimate of drug-likeness (QED) is 0.385. The summed E-state index contributed by atoms with van der Waals surface area (Å²) in [6, 6.07) is 0.349. The van der Waals surface area contributed by atoms with Gasteiger partial charge in [-0.3, -0.25) is 4.99 Å². The molecule has 0 aliphatic rings. The Labute approximate surface area is 112 Å². The summed E-state index contributed by atoms with van der Waals surface area (Å²) in [5, 5.41) is 0. The maximum atomic E-state index is 6.14. The summed E-state index contributed by atoms with van der Waals surface area (Å²) in [5.74, 6) is 1.02. The molecule has 0 spiro atoms. The van der Waals surface area contributed by atoms with Crippen LogP contribution < -0.4 is 0 Å². The molecule has 0 aliphatic carbocycles. The molecule has 0 aromatic rings. The predicted octanol–water partition coefficient (Wildman–Crippen LogP) is 4.59. The van der Waals surface area contributed by atoms with E-state index >= 15 is 0 Å². The van der Waals surface area contributed by atoms with Gasteiger partial charge in [-0.2, -0.15) is 0 Å².